The SMILES string of the molecule is C/C=C\C=C(/C)B(I)C(C)C. The maximum absolute atomic E-state index is 2.50. The lowest BCUT2D eigenvalue weighted by Gasteiger charge is -2.09. The highest BCUT2D eigenvalue weighted by molar-refractivity contribution is 14.1. The molecule has 0 aromatic carbocycles. The molecule has 62 valence electrons. The van der Waals surface area contributed by atoms with E-state index in [9.17, 15) is 0 Å². The fourth-order valence-corrected chi connectivity index (χ4v) is 1.07. The molecule has 2 heteroatoms. The second kappa shape index (κ2) is 5.87. The van der Waals surface area contributed by atoms with Crippen LogP contribution in [-0.4, -0.2) is 4.57 Å². The number of rotatable bonds is 3. The Balaban J connectivity index is 4.11. The highest BCUT2D eigenvalue weighted by Gasteiger charge is 2.14. The van der Waals surface area contributed by atoms with E-state index >= 15 is 0 Å². The molecule has 0 amide bonds. The molecule has 11 heavy (non-hydrogen) atoms. The first kappa shape index (κ1) is 11.3. The van der Waals surface area contributed by atoms with E-state index in [1.807, 2.05) is 6.92 Å². The van der Waals surface area contributed by atoms with Crippen molar-refractivity contribution in [3.63, 3.8) is 0 Å². The van der Waals surface area contributed by atoms with Gasteiger partial charge in [0.15, 0.2) is 0 Å². The van der Waals surface area contributed by atoms with Crippen LogP contribution in [0.2, 0.25) is 5.82 Å². The van der Waals surface area contributed by atoms with Crippen molar-refractivity contribution in [2.24, 2.45) is 0 Å². The molecule has 0 rings (SSSR count). The van der Waals surface area contributed by atoms with Crippen molar-refractivity contribution in [2.45, 2.75) is 33.5 Å². The molecule has 0 aliphatic carbocycles. The zero-order chi connectivity index (χ0) is 8.85. The summed E-state index contributed by atoms with van der Waals surface area (Å²) in [4.78, 5) is 0. The molecule has 0 aliphatic rings. The van der Waals surface area contributed by atoms with E-state index in [2.05, 4.69) is 61.4 Å². The van der Waals surface area contributed by atoms with Gasteiger partial charge in [-0.2, -0.15) is 0 Å². The van der Waals surface area contributed by atoms with E-state index in [-0.39, 0.29) is 0 Å². The molecule has 0 bridgehead atoms. The van der Waals surface area contributed by atoms with Gasteiger partial charge in [0, 0.05) is 0 Å². The molecule has 0 saturated carbocycles. The third-order valence-corrected chi connectivity index (χ3v) is 3.99. The fourth-order valence-electron chi connectivity index (χ4n) is 0.866. The van der Waals surface area contributed by atoms with Crippen molar-refractivity contribution in [1.29, 1.82) is 0 Å². The van der Waals surface area contributed by atoms with Gasteiger partial charge in [0.05, 0.1) is 0 Å². The Bertz CT molecular complexity index is 159. The number of halogens is 1. The van der Waals surface area contributed by atoms with E-state index in [0.717, 1.165) is 5.82 Å². The molecule has 0 nitrogen and oxygen atoms in total. The van der Waals surface area contributed by atoms with Gasteiger partial charge in [-0.25, -0.2) is 0 Å². The van der Waals surface area contributed by atoms with Crippen molar-refractivity contribution < 1.29 is 0 Å². The second-order valence-electron chi connectivity index (χ2n) is 3.08. The minimum atomic E-state index is 0.670. The van der Waals surface area contributed by atoms with Gasteiger partial charge < -0.3 is 0 Å². The molecule has 0 unspecified atom stereocenters. The van der Waals surface area contributed by atoms with Gasteiger partial charge in [-0.15, -0.1) is 22.4 Å². The van der Waals surface area contributed by atoms with Crippen LogP contribution < -0.4 is 0 Å². The van der Waals surface area contributed by atoms with Crippen LogP contribution in [0.25, 0.3) is 0 Å². The summed E-state index contributed by atoms with van der Waals surface area (Å²) in [6.45, 7) is 8.74. The largest absolute Gasteiger partial charge is 0.248 e. The van der Waals surface area contributed by atoms with Crippen LogP contribution in [0.3, 0.4) is 0 Å². The monoisotopic (exact) mass is 262 g/mol. The van der Waals surface area contributed by atoms with Crippen molar-refractivity contribution in [3.8, 4) is 0 Å². The summed E-state index contributed by atoms with van der Waals surface area (Å²) in [6.07, 6.45) is 6.35. The van der Waals surface area contributed by atoms with Crippen LogP contribution in [0.4, 0.5) is 0 Å². The summed E-state index contributed by atoms with van der Waals surface area (Å²) in [5.74, 6) is 0.733. The Labute approximate surface area is 84.1 Å². The first-order valence-corrected chi connectivity index (χ1v) is 5.27. The second-order valence-corrected chi connectivity index (χ2v) is 4.42. The van der Waals surface area contributed by atoms with Gasteiger partial charge in [-0.05, 0) is 6.92 Å². The third-order valence-electron chi connectivity index (χ3n) is 1.57. The minimum Gasteiger partial charge on any atom is -0.143 e. The van der Waals surface area contributed by atoms with Crippen LogP contribution in [-0.2, 0) is 0 Å². The Morgan fingerprint density at radius 1 is 1.45 bits per heavy atom. The number of hydrogen-bond acceptors (Lipinski definition) is 0. The summed E-state index contributed by atoms with van der Waals surface area (Å²) >= 11 is 2.50. The van der Waals surface area contributed by atoms with E-state index in [0.29, 0.717) is 4.57 Å². The number of allylic oxidation sites excluding steroid dienone is 4. The minimum absolute atomic E-state index is 0.670. The van der Waals surface area contributed by atoms with Gasteiger partial charge in [0.25, 0.3) is 0 Å². The van der Waals surface area contributed by atoms with Crippen LogP contribution in [0.15, 0.2) is 23.7 Å². The van der Waals surface area contributed by atoms with Crippen LogP contribution in [0.1, 0.15) is 27.7 Å². The summed E-state index contributed by atoms with van der Waals surface area (Å²) in [5.41, 5.74) is 1.46. The first-order chi connectivity index (χ1) is 5.09. The summed E-state index contributed by atoms with van der Waals surface area (Å²) in [7, 11) is 0. The summed E-state index contributed by atoms with van der Waals surface area (Å²) < 4.78 is 0.670. The molecule has 0 saturated heterocycles. The normalized spacial score (nSPS) is 13.1. The highest BCUT2D eigenvalue weighted by Crippen LogP contribution is 2.20. The smallest absolute Gasteiger partial charge is 0.143 e. The third kappa shape index (κ3) is 4.67. The molecule has 0 aromatic rings. The average Bonchev–Trinajstić information content (AvgIpc) is 1.98. The van der Waals surface area contributed by atoms with E-state index in [1.165, 1.54) is 5.47 Å². The lowest BCUT2D eigenvalue weighted by molar-refractivity contribution is 1.06. The van der Waals surface area contributed by atoms with Crippen molar-refractivity contribution in [3.05, 3.63) is 23.7 Å². The molecular weight excluding hydrogens is 246 g/mol. The Kier molecular flexibility index (Phi) is 6.01. The van der Waals surface area contributed by atoms with E-state index in [4.69, 9.17) is 0 Å². The van der Waals surface area contributed by atoms with E-state index in [1.54, 1.807) is 0 Å². The van der Waals surface area contributed by atoms with Gasteiger partial charge in [0.2, 0.25) is 4.57 Å². The Morgan fingerprint density at radius 3 is 2.36 bits per heavy atom. The van der Waals surface area contributed by atoms with Gasteiger partial charge in [-0.1, -0.05) is 50.3 Å². The maximum atomic E-state index is 2.50. The van der Waals surface area contributed by atoms with Gasteiger partial charge in [0.1, 0.15) is 0 Å². The van der Waals surface area contributed by atoms with Gasteiger partial charge in [-0.3, -0.25) is 0 Å². The molecule has 0 fully saturated rings. The molecule has 0 N–H and O–H groups in total. The Morgan fingerprint density at radius 2 is 2.00 bits per heavy atom. The summed E-state index contributed by atoms with van der Waals surface area (Å²) in [6, 6.07) is 0. The highest BCUT2D eigenvalue weighted by atomic mass is 127. The van der Waals surface area contributed by atoms with Crippen molar-refractivity contribution in [2.75, 3.05) is 0 Å². The molecule has 0 spiro atoms. The molecule has 0 heterocycles. The maximum Gasteiger partial charge on any atom is 0.248 e. The topological polar surface area (TPSA) is 0 Å². The van der Waals surface area contributed by atoms with E-state index < -0.39 is 0 Å². The van der Waals surface area contributed by atoms with Crippen LogP contribution >= 0.6 is 22.4 Å². The van der Waals surface area contributed by atoms with Crippen LogP contribution in [0, 0.1) is 0 Å². The fraction of sp³-hybridized carbons (Fsp3) is 0.556. The first-order valence-electron chi connectivity index (χ1n) is 4.03. The average molecular weight is 262 g/mol. The molecule has 0 aromatic heterocycles. The van der Waals surface area contributed by atoms with Crippen LogP contribution in [0.5, 0.6) is 0 Å². The lowest BCUT2D eigenvalue weighted by Crippen LogP contribution is -2.09. The molecule has 0 radical (unpaired) electrons. The predicted octanol–water partition coefficient (Wildman–Crippen LogP) is 3.88. The van der Waals surface area contributed by atoms with Gasteiger partial charge >= 0.3 is 0 Å². The number of hydrogen-bond donors (Lipinski definition) is 0. The summed E-state index contributed by atoms with van der Waals surface area (Å²) in [5, 5.41) is 0. The zero-order valence-electron chi connectivity index (χ0n) is 7.76. The predicted molar refractivity (Wildman–Crippen MR) is 63.4 cm³/mol. The zero-order valence-corrected chi connectivity index (χ0v) is 9.92. The molecule has 0 atom stereocenters. The molecular formula is C9H16BI. The Hall–Kier alpha value is 0.275. The quantitative estimate of drug-likeness (QED) is 0.411. The van der Waals surface area contributed by atoms with Crippen molar-refractivity contribution in [1.82, 2.24) is 0 Å². The lowest BCUT2D eigenvalue weighted by atomic mass is 9.60. The van der Waals surface area contributed by atoms with Crippen molar-refractivity contribution >= 4 is 26.9 Å². The standard InChI is InChI=1S/C9H16BI/c1-5-6-7-9(4)10(11)8(2)3/h5-8H,1-4H3/b6-5-,9-7+. The molecule has 0 aliphatic heterocycles.